The Morgan fingerprint density at radius 3 is 1.60 bits per heavy atom. The van der Waals surface area contributed by atoms with Crippen LogP contribution in [-0.2, 0) is 0 Å². The van der Waals surface area contributed by atoms with Crippen molar-refractivity contribution in [2.24, 2.45) is 0 Å². The number of furan rings is 1. The number of benzene rings is 9. The van der Waals surface area contributed by atoms with Crippen molar-refractivity contribution in [3.05, 3.63) is 194 Å². The Morgan fingerprint density at radius 2 is 0.883 bits per heavy atom. The van der Waals surface area contributed by atoms with Gasteiger partial charge in [-0.2, -0.15) is 4.80 Å². The van der Waals surface area contributed by atoms with Gasteiger partial charge in [0.15, 0.2) is 17.5 Å². The molecule has 60 heavy (non-hydrogen) atoms. The van der Waals surface area contributed by atoms with Gasteiger partial charge in [0.1, 0.15) is 22.2 Å². The summed E-state index contributed by atoms with van der Waals surface area (Å²) >= 11 is 0. The van der Waals surface area contributed by atoms with Crippen LogP contribution in [0.2, 0.25) is 0 Å². The van der Waals surface area contributed by atoms with E-state index in [0.29, 0.717) is 17.5 Å². The van der Waals surface area contributed by atoms with Crippen LogP contribution in [0.25, 0.3) is 117 Å². The molecule has 12 rings (SSSR count). The average molecular weight is 769 g/mol. The molecule has 0 spiro atoms. The lowest BCUT2D eigenvalue weighted by Crippen LogP contribution is -2.01. The largest absolute Gasteiger partial charge is 0.456 e. The summed E-state index contributed by atoms with van der Waals surface area (Å²) in [5.74, 6) is 1.71. The third-order valence-electron chi connectivity index (χ3n) is 11.3. The third kappa shape index (κ3) is 5.79. The molecule has 0 unspecified atom stereocenters. The standard InChI is InChI=1S/C53H32N6O/c1-4-12-33(13-5-1)39-28-40(34-14-6-2-7-15-34)30-41(29-39)53-55-51(54-52(56-53)38-25-27-48-45(32-38)43-18-10-11-19-47(43)60-48)37-23-21-35-20-22-36-24-26-46-50(49(36)44(35)31-37)58-59(57-46)42-16-8-3-9-17-42/h1-32H. The van der Waals surface area contributed by atoms with Crippen molar-refractivity contribution in [3.63, 3.8) is 0 Å². The maximum atomic E-state index is 6.21. The minimum atomic E-state index is 0.567. The number of hydrogen-bond acceptors (Lipinski definition) is 6. The first-order chi connectivity index (χ1) is 29.7. The van der Waals surface area contributed by atoms with Crippen molar-refractivity contribution >= 4 is 54.5 Å². The Bertz CT molecular complexity index is 3540. The first-order valence-electron chi connectivity index (χ1n) is 19.9. The first kappa shape index (κ1) is 33.8. The van der Waals surface area contributed by atoms with E-state index in [-0.39, 0.29) is 0 Å². The molecule has 280 valence electrons. The Labute approximate surface area is 343 Å². The zero-order valence-corrected chi connectivity index (χ0v) is 32.1. The molecule has 0 atom stereocenters. The molecule has 0 saturated carbocycles. The fraction of sp³-hybridized carbons (Fsp3) is 0. The molecule has 0 aliphatic rings. The maximum absolute atomic E-state index is 6.21. The zero-order chi connectivity index (χ0) is 39.6. The van der Waals surface area contributed by atoms with Gasteiger partial charge in [-0.1, -0.05) is 127 Å². The lowest BCUT2D eigenvalue weighted by atomic mass is 9.95. The van der Waals surface area contributed by atoms with E-state index in [4.69, 9.17) is 29.6 Å². The van der Waals surface area contributed by atoms with E-state index in [1.807, 2.05) is 78.9 Å². The monoisotopic (exact) mass is 768 g/mol. The molecule has 9 aromatic carbocycles. The van der Waals surface area contributed by atoms with Crippen LogP contribution < -0.4 is 0 Å². The molecule has 0 aliphatic heterocycles. The minimum absolute atomic E-state index is 0.567. The Kier molecular flexibility index (Phi) is 7.71. The number of hydrogen-bond donors (Lipinski definition) is 0. The average Bonchev–Trinajstić information content (AvgIpc) is 3.94. The van der Waals surface area contributed by atoms with Crippen LogP contribution in [0.4, 0.5) is 0 Å². The van der Waals surface area contributed by atoms with Crippen molar-refractivity contribution in [2.75, 3.05) is 0 Å². The van der Waals surface area contributed by atoms with E-state index >= 15 is 0 Å². The Balaban J connectivity index is 1.09. The molecule has 0 N–H and O–H groups in total. The first-order valence-corrected chi connectivity index (χ1v) is 19.9. The van der Waals surface area contributed by atoms with Gasteiger partial charge in [0.05, 0.1) is 5.69 Å². The summed E-state index contributed by atoms with van der Waals surface area (Å²) in [7, 11) is 0. The lowest BCUT2D eigenvalue weighted by Gasteiger charge is -2.13. The quantitative estimate of drug-likeness (QED) is 0.157. The third-order valence-corrected chi connectivity index (χ3v) is 11.3. The van der Waals surface area contributed by atoms with Crippen LogP contribution in [-0.4, -0.2) is 29.9 Å². The van der Waals surface area contributed by atoms with Crippen molar-refractivity contribution < 1.29 is 4.42 Å². The molecule has 0 radical (unpaired) electrons. The predicted octanol–water partition coefficient (Wildman–Crippen LogP) is 13.1. The van der Waals surface area contributed by atoms with E-state index in [1.165, 1.54) is 0 Å². The highest BCUT2D eigenvalue weighted by molar-refractivity contribution is 6.19. The van der Waals surface area contributed by atoms with Crippen molar-refractivity contribution in [2.45, 2.75) is 0 Å². The second-order valence-electron chi connectivity index (χ2n) is 15.0. The van der Waals surface area contributed by atoms with Crippen molar-refractivity contribution in [3.8, 4) is 62.1 Å². The van der Waals surface area contributed by atoms with E-state index in [1.54, 1.807) is 4.80 Å². The number of rotatable bonds is 6. The van der Waals surface area contributed by atoms with Crippen molar-refractivity contribution in [1.82, 2.24) is 29.9 Å². The Morgan fingerprint density at radius 1 is 0.350 bits per heavy atom. The van der Waals surface area contributed by atoms with Gasteiger partial charge in [-0.25, -0.2) is 15.0 Å². The second kappa shape index (κ2) is 13.7. The number of nitrogens with zero attached hydrogens (tertiary/aromatic N) is 6. The molecule has 0 bridgehead atoms. The lowest BCUT2D eigenvalue weighted by molar-refractivity contribution is 0.669. The second-order valence-corrected chi connectivity index (χ2v) is 15.0. The normalized spacial score (nSPS) is 11.7. The molecule has 7 nitrogen and oxygen atoms in total. The van der Waals surface area contributed by atoms with Gasteiger partial charge in [-0.3, -0.25) is 0 Å². The minimum Gasteiger partial charge on any atom is -0.456 e. The highest BCUT2D eigenvalue weighted by Crippen LogP contribution is 2.37. The van der Waals surface area contributed by atoms with Crippen LogP contribution in [0.5, 0.6) is 0 Å². The Hall–Kier alpha value is -8.29. The molecule has 7 heteroatoms. The molecule has 12 aromatic rings. The van der Waals surface area contributed by atoms with Gasteiger partial charge in [-0.05, 0) is 105 Å². The summed E-state index contributed by atoms with van der Waals surface area (Å²) < 4.78 is 6.21. The molecule has 3 aromatic heterocycles. The molecular weight excluding hydrogens is 737 g/mol. The van der Waals surface area contributed by atoms with Crippen LogP contribution in [0.1, 0.15) is 0 Å². The van der Waals surface area contributed by atoms with Crippen LogP contribution >= 0.6 is 0 Å². The van der Waals surface area contributed by atoms with Gasteiger partial charge < -0.3 is 4.42 Å². The molecular formula is C53H32N6O. The summed E-state index contributed by atoms with van der Waals surface area (Å²) in [6.07, 6.45) is 0. The molecule has 0 fully saturated rings. The molecule has 3 heterocycles. The number of aromatic nitrogens is 6. The van der Waals surface area contributed by atoms with E-state index in [0.717, 1.165) is 99.1 Å². The van der Waals surface area contributed by atoms with Gasteiger partial charge in [0, 0.05) is 32.8 Å². The summed E-state index contributed by atoms with van der Waals surface area (Å²) in [5, 5.41) is 16.2. The van der Waals surface area contributed by atoms with Crippen LogP contribution in [0, 0.1) is 0 Å². The predicted molar refractivity (Wildman–Crippen MR) is 242 cm³/mol. The summed E-state index contributed by atoms with van der Waals surface area (Å²) in [4.78, 5) is 17.5. The summed E-state index contributed by atoms with van der Waals surface area (Å²) in [6.45, 7) is 0. The zero-order valence-electron chi connectivity index (χ0n) is 32.1. The fourth-order valence-electron chi connectivity index (χ4n) is 8.31. The topological polar surface area (TPSA) is 82.5 Å². The molecule has 0 aliphatic carbocycles. The van der Waals surface area contributed by atoms with Gasteiger partial charge >= 0.3 is 0 Å². The fourth-order valence-corrected chi connectivity index (χ4v) is 8.31. The SMILES string of the molecule is c1ccc(-c2cc(-c3ccccc3)cc(-c3nc(-c4ccc5oc6ccccc6c5c4)nc(-c4ccc5ccc6ccc7nn(-c8ccccc8)nc7c6c5c4)n3)c2)cc1. The van der Waals surface area contributed by atoms with Crippen molar-refractivity contribution in [1.29, 1.82) is 0 Å². The molecule has 0 amide bonds. The maximum Gasteiger partial charge on any atom is 0.164 e. The highest BCUT2D eigenvalue weighted by Gasteiger charge is 2.18. The van der Waals surface area contributed by atoms with Crippen LogP contribution in [0.15, 0.2) is 199 Å². The van der Waals surface area contributed by atoms with Gasteiger partial charge in [-0.15, -0.1) is 10.2 Å². The number of para-hydroxylation sites is 2. The van der Waals surface area contributed by atoms with Gasteiger partial charge in [0.2, 0.25) is 0 Å². The number of fused-ring (bicyclic) bond motifs is 8. The van der Waals surface area contributed by atoms with Gasteiger partial charge in [0.25, 0.3) is 0 Å². The smallest absolute Gasteiger partial charge is 0.164 e. The summed E-state index contributed by atoms with van der Waals surface area (Å²) in [5.41, 5.74) is 11.2. The highest BCUT2D eigenvalue weighted by atomic mass is 16.3. The van der Waals surface area contributed by atoms with E-state index in [2.05, 4.69) is 115 Å². The van der Waals surface area contributed by atoms with E-state index in [9.17, 15) is 0 Å². The molecule has 0 saturated heterocycles. The summed E-state index contributed by atoms with van der Waals surface area (Å²) in [6, 6.07) is 66.7. The van der Waals surface area contributed by atoms with E-state index < -0.39 is 0 Å². The van der Waals surface area contributed by atoms with Crippen LogP contribution in [0.3, 0.4) is 0 Å².